The normalized spacial score (nSPS) is 13.7. The van der Waals surface area contributed by atoms with E-state index in [0.29, 0.717) is 27.9 Å². The predicted octanol–water partition coefficient (Wildman–Crippen LogP) is 3.16. The van der Waals surface area contributed by atoms with Gasteiger partial charge >= 0.3 is 0 Å². The van der Waals surface area contributed by atoms with Crippen molar-refractivity contribution in [3.05, 3.63) is 59.8 Å². The molecule has 1 aliphatic heterocycles. The van der Waals surface area contributed by atoms with Crippen LogP contribution in [0.5, 0.6) is 0 Å². The molecule has 0 spiro atoms. The van der Waals surface area contributed by atoms with E-state index >= 15 is 0 Å². The molecule has 0 bridgehead atoms. The Hall–Kier alpha value is -3.87. The Labute approximate surface area is 189 Å². The molecule has 5 heterocycles. The van der Waals surface area contributed by atoms with Crippen molar-refractivity contribution in [2.24, 2.45) is 0 Å². The van der Waals surface area contributed by atoms with Gasteiger partial charge in [-0.3, -0.25) is 4.98 Å². The van der Waals surface area contributed by atoms with Gasteiger partial charge in [0, 0.05) is 44.1 Å². The number of nitrogens with one attached hydrogen (secondary N) is 2. The van der Waals surface area contributed by atoms with Crippen molar-refractivity contribution in [2.75, 3.05) is 36.4 Å². The van der Waals surface area contributed by atoms with Crippen LogP contribution in [0.3, 0.4) is 0 Å². The molecular formula is C22H18ClN9. The molecule has 32 heavy (non-hydrogen) atoms. The number of pyridine rings is 3. The highest BCUT2D eigenvalue weighted by atomic mass is 35.5. The first kappa shape index (κ1) is 20.1. The van der Waals surface area contributed by atoms with Crippen molar-refractivity contribution in [3.8, 4) is 17.5 Å². The van der Waals surface area contributed by atoms with Gasteiger partial charge in [-0.25, -0.2) is 19.9 Å². The molecule has 10 heteroatoms. The van der Waals surface area contributed by atoms with Crippen molar-refractivity contribution in [3.63, 3.8) is 0 Å². The van der Waals surface area contributed by atoms with Gasteiger partial charge in [0.1, 0.15) is 23.4 Å². The summed E-state index contributed by atoms with van der Waals surface area (Å²) >= 11 is 6.49. The molecule has 1 saturated heterocycles. The second-order valence-corrected chi connectivity index (χ2v) is 7.63. The van der Waals surface area contributed by atoms with Crippen molar-refractivity contribution >= 4 is 39.8 Å². The third kappa shape index (κ3) is 4.01. The first-order valence-corrected chi connectivity index (χ1v) is 10.5. The number of anilines is 3. The average Bonchev–Trinajstić information content (AvgIpc) is 2.85. The highest BCUT2D eigenvalue weighted by molar-refractivity contribution is 6.36. The topological polar surface area (TPSA) is 116 Å². The fourth-order valence-electron chi connectivity index (χ4n) is 3.58. The van der Waals surface area contributed by atoms with Crippen LogP contribution in [0, 0.1) is 11.3 Å². The van der Waals surface area contributed by atoms with Gasteiger partial charge in [0.25, 0.3) is 0 Å². The number of fused-ring (bicyclic) bond motifs is 1. The molecule has 5 rings (SSSR count). The standard InChI is InChI=1S/C22H18ClN9/c23-17-12-26-13-18-20(17)22(32-7-5-25-6-8-32)31-21(30-18)14-3-4-27-19(9-14)29-16-2-1-15(10-24)28-11-16/h1-4,9,11-13,25H,5-8H2,(H,27,29). The van der Waals surface area contributed by atoms with Gasteiger partial charge in [-0.2, -0.15) is 5.26 Å². The van der Waals surface area contributed by atoms with E-state index < -0.39 is 0 Å². The molecule has 4 aromatic rings. The Bertz CT molecular complexity index is 1310. The molecule has 2 N–H and O–H groups in total. The highest BCUT2D eigenvalue weighted by Gasteiger charge is 2.20. The predicted molar refractivity (Wildman–Crippen MR) is 123 cm³/mol. The van der Waals surface area contributed by atoms with Crippen molar-refractivity contribution in [2.45, 2.75) is 0 Å². The summed E-state index contributed by atoms with van der Waals surface area (Å²) in [5.74, 6) is 1.99. The van der Waals surface area contributed by atoms with Crippen LogP contribution in [0.2, 0.25) is 5.02 Å². The first-order chi connectivity index (χ1) is 15.7. The number of rotatable bonds is 4. The van der Waals surface area contributed by atoms with Crippen LogP contribution >= 0.6 is 11.6 Å². The highest BCUT2D eigenvalue weighted by Crippen LogP contribution is 2.32. The number of nitriles is 1. The molecule has 0 unspecified atom stereocenters. The van der Waals surface area contributed by atoms with Gasteiger partial charge in [-0.15, -0.1) is 0 Å². The number of nitrogens with zero attached hydrogens (tertiary/aromatic N) is 7. The van der Waals surface area contributed by atoms with Gasteiger partial charge in [0.2, 0.25) is 0 Å². The van der Waals surface area contributed by atoms with Gasteiger partial charge in [0.05, 0.1) is 34.0 Å². The van der Waals surface area contributed by atoms with Gasteiger partial charge in [-0.1, -0.05) is 11.6 Å². The molecule has 0 aliphatic carbocycles. The lowest BCUT2D eigenvalue weighted by molar-refractivity contribution is 0.586. The maximum atomic E-state index is 8.91. The van der Waals surface area contributed by atoms with Crippen LogP contribution in [-0.4, -0.2) is 51.1 Å². The average molecular weight is 444 g/mol. The zero-order valence-electron chi connectivity index (χ0n) is 17.0. The second-order valence-electron chi connectivity index (χ2n) is 7.22. The molecule has 0 saturated carbocycles. The zero-order chi connectivity index (χ0) is 21.9. The smallest absolute Gasteiger partial charge is 0.162 e. The lowest BCUT2D eigenvalue weighted by Crippen LogP contribution is -2.44. The first-order valence-electron chi connectivity index (χ1n) is 10.1. The van der Waals surface area contributed by atoms with E-state index in [1.54, 1.807) is 36.9 Å². The summed E-state index contributed by atoms with van der Waals surface area (Å²) < 4.78 is 0. The Morgan fingerprint density at radius 2 is 1.94 bits per heavy atom. The SMILES string of the molecule is N#Cc1ccc(Nc2cc(-c3nc(N4CCNCC4)c4c(Cl)cncc4n3)ccn2)cn1. The minimum atomic E-state index is 0.356. The zero-order valence-corrected chi connectivity index (χ0v) is 17.7. The van der Waals surface area contributed by atoms with Gasteiger partial charge < -0.3 is 15.5 Å². The van der Waals surface area contributed by atoms with Crippen molar-refractivity contribution in [1.29, 1.82) is 5.26 Å². The third-order valence-electron chi connectivity index (χ3n) is 5.13. The molecule has 0 amide bonds. The summed E-state index contributed by atoms with van der Waals surface area (Å²) in [6.45, 7) is 3.43. The van der Waals surface area contributed by atoms with Crippen LogP contribution in [0.1, 0.15) is 5.69 Å². The monoisotopic (exact) mass is 443 g/mol. The van der Waals surface area contributed by atoms with Gasteiger partial charge in [-0.05, 0) is 24.3 Å². The fourth-order valence-corrected chi connectivity index (χ4v) is 3.82. The van der Waals surface area contributed by atoms with E-state index in [-0.39, 0.29) is 0 Å². The quantitative estimate of drug-likeness (QED) is 0.490. The minimum Gasteiger partial charge on any atom is -0.353 e. The van der Waals surface area contributed by atoms with E-state index in [4.69, 9.17) is 26.8 Å². The summed E-state index contributed by atoms with van der Waals surface area (Å²) in [6, 6.07) is 9.17. The Morgan fingerprint density at radius 3 is 2.72 bits per heavy atom. The molecule has 158 valence electrons. The lowest BCUT2D eigenvalue weighted by atomic mass is 10.2. The van der Waals surface area contributed by atoms with Crippen LogP contribution in [-0.2, 0) is 0 Å². The largest absolute Gasteiger partial charge is 0.353 e. The summed E-state index contributed by atoms with van der Waals surface area (Å²) in [5.41, 5.74) is 2.58. The summed E-state index contributed by atoms with van der Waals surface area (Å²) in [4.78, 5) is 24.5. The maximum Gasteiger partial charge on any atom is 0.162 e. The fraction of sp³-hybridized carbons (Fsp3) is 0.182. The Kier molecular flexibility index (Phi) is 5.46. The van der Waals surface area contributed by atoms with Crippen LogP contribution in [0.15, 0.2) is 49.1 Å². The second kappa shape index (κ2) is 8.70. The van der Waals surface area contributed by atoms with Crippen molar-refractivity contribution < 1.29 is 0 Å². The summed E-state index contributed by atoms with van der Waals surface area (Å²) in [5, 5.41) is 16.8. The minimum absolute atomic E-state index is 0.356. The van der Waals surface area contributed by atoms with E-state index in [0.717, 1.165) is 48.6 Å². The third-order valence-corrected chi connectivity index (χ3v) is 5.41. The molecular weight excluding hydrogens is 426 g/mol. The van der Waals surface area contributed by atoms with Crippen LogP contribution < -0.4 is 15.5 Å². The number of piperazine rings is 1. The number of hydrogen-bond donors (Lipinski definition) is 2. The summed E-state index contributed by atoms with van der Waals surface area (Å²) in [6.07, 6.45) is 6.62. The van der Waals surface area contributed by atoms with E-state index in [1.807, 2.05) is 18.2 Å². The van der Waals surface area contributed by atoms with Crippen LogP contribution in [0.25, 0.3) is 22.3 Å². The van der Waals surface area contributed by atoms with Crippen molar-refractivity contribution in [1.82, 2.24) is 30.2 Å². The Morgan fingerprint density at radius 1 is 1.06 bits per heavy atom. The maximum absolute atomic E-state index is 8.91. The molecule has 0 radical (unpaired) electrons. The van der Waals surface area contributed by atoms with E-state index in [1.165, 1.54) is 0 Å². The molecule has 9 nitrogen and oxygen atoms in total. The number of halogens is 1. The molecule has 4 aromatic heterocycles. The molecule has 0 aromatic carbocycles. The number of aromatic nitrogens is 5. The lowest BCUT2D eigenvalue weighted by Gasteiger charge is -2.29. The van der Waals surface area contributed by atoms with E-state index in [2.05, 4.69) is 30.5 Å². The summed E-state index contributed by atoms with van der Waals surface area (Å²) in [7, 11) is 0. The number of hydrogen-bond acceptors (Lipinski definition) is 9. The van der Waals surface area contributed by atoms with E-state index in [9.17, 15) is 0 Å². The Balaban J connectivity index is 1.54. The van der Waals surface area contributed by atoms with Crippen LogP contribution in [0.4, 0.5) is 17.3 Å². The van der Waals surface area contributed by atoms with Gasteiger partial charge in [0.15, 0.2) is 5.82 Å². The molecule has 1 fully saturated rings. The molecule has 0 atom stereocenters. The molecule has 1 aliphatic rings.